The van der Waals surface area contributed by atoms with Gasteiger partial charge in [0.05, 0.1) is 6.54 Å². The summed E-state index contributed by atoms with van der Waals surface area (Å²) >= 11 is 6.12. The molecule has 0 fully saturated rings. The molecule has 1 amide bonds. The predicted octanol–water partition coefficient (Wildman–Crippen LogP) is 4.31. The van der Waals surface area contributed by atoms with Crippen LogP contribution < -0.4 is 5.32 Å². The number of hydrogen-bond donors (Lipinski definition) is 1. The normalized spacial score (nSPS) is 12.8. The van der Waals surface area contributed by atoms with Crippen LogP contribution in [0.25, 0.3) is 0 Å². The van der Waals surface area contributed by atoms with Crippen molar-refractivity contribution in [2.45, 2.75) is 32.6 Å². The number of benzene rings is 1. The number of hydrogen-bond acceptors (Lipinski definition) is 3. The number of carbonyl (C=O) groups is 1. The van der Waals surface area contributed by atoms with Crippen LogP contribution in [0, 0.1) is 6.92 Å². The van der Waals surface area contributed by atoms with Crippen molar-refractivity contribution >= 4 is 23.3 Å². The van der Waals surface area contributed by atoms with Gasteiger partial charge in [-0.2, -0.15) is 23.4 Å². The molecule has 0 saturated heterocycles. The minimum Gasteiger partial charge on any atom is -0.307 e. The Kier molecular flexibility index (Phi) is 5.46. The summed E-state index contributed by atoms with van der Waals surface area (Å²) < 4.78 is 41.1. The van der Waals surface area contributed by atoms with Crippen LogP contribution in [0.4, 0.5) is 19.0 Å². The molecule has 148 valence electrons. The lowest BCUT2D eigenvalue weighted by molar-refractivity contribution is -0.141. The first-order valence-corrected chi connectivity index (χ1v) is 8.74. The molecule has 10 heteroatoms. The predicted molar refractivity (Wildman–Crippen MR) is 98.1 cm³/mol. The molecule has 3 rings (SSSR count). The van der Waals surface area contributed by atoms with Gasteiger partial charge >= 0.3 is 6.18 Å². The lowest BCUT2D eigenvalue weighted by Gasteiger charge is -2.13. The number of nitrogens with one attached hydrogen (secondary N) is 1. The number of aryl methyl sites for hydroxylation is 1. The van der Waals surface area contributed by atoms with E-state index in [-0.39, 0.29) is 11.5 Å². The van der Waals surface area contributed by atoms with Crippen LogP contribution in [0.5, 0.6) is 0 Å². The fourth-order valence-corrected chi connectivity index (χ4v) is 2.87. The topological polar surface area (TPSA) is 64.7 Å². The van der Waals surface area contributed by atoms with Crippen LogP contribution in [0.1, 0.15) is 29.9 Å². The van der Waals surface area contributed by atoms with Crippen molar-refractivity contribution in [3.63, 3.8) is 0 Å². The molecule has 0 aliphatic heterocycles. The Morgan fingerprint density at radius 1 is 1.25 bits per heavy atom. The molecule has 2 aromatic heterocycles. The number of carbonyl (C=O) groups excluding carboxylic acids is 1. The third-order valence-electron chi connectivity index (χ3n) is 4.14. The zero-order valence-electron chi connectivity index (χ0n) is 15.0. The molecule has 0 radical (unpaired) electrons. The van der Waals surface area contributed by atoms with Crippen LogP contribution in [0.15, 0.2) is 42.6 Å². The van der Waals surface area contributed by atoms with E-state index in [4.69, 9.17) is 11.6 Å². The minimum absolute atomic E-state index is 0.235. The number of amides is 1. The molecule has 6 nitrogen and oxygen atoms in total. The van der Waals surface area contributed by atoms with E-state index in [9.17, 15) is 18.0 Å². The zero-order chi connectivity index (χ0) is 20.5. The zero-order valence-corrected chi connectivity index (χ0v) is 15.8. The molecule has 28 heavy (non-hydrogen) atoms. The summed E-state index contributed by atoms with van der Waals surface area (Å²) in [6, 6.07) is 8.88. The van der Waals surface area contributed by atoms with Crippen molar-refractivity contribution in [3.05, 3.63) is 64.6 Å². The van der Waals surface area contributed by atoms with Crippen molar-refractivity contribution in [2.24, 2.45) is 0 Å². The van der Waals surface area contributed by atoms with Gasteiger partial charge in [-0.05, 0) is 31.5 Å². The van der Waals surface area contributed by atoms with Crippen LogP contribution in [-0.2, 0) is 17.5 Å². The highest BCUT2D eigenvalue weighted by atomic mass is 35.5. The SMILES string of the molecule is Cc1cc(C(F)(F)F)nn1C(C)C(=O)Nc1ccn(Cc2ccccc2Cl)n1. The third kappa shape index (κ3) is 4.36. The van der Waals surface area contributed by atoms with Gasteiger partial charge in [0.15, 0.2) is 11.5 Å². The molecule has 1 aromatic carbocycles. The van der Waals surface area contributed by atoms with Crippen molar-refractivity contribution in [1.82, 2.24) is 19.6 Å². The van der Waals surface area contributed by atoms with Gasteiger partial charge in [-0.15, -0.1) is 0 Å². The van der Waals surface area contributed by atoms with Gasteiger partial charge in [0.2, 0.25) is 5.91 Å². The Labute approximate surface area is 163 Å². The van der Waals surface area contributed by atoms with Crippen molar-refractivity contribution in [2.75, 3.05) is 5.32 Å². The molecule has 1 N–H and O–H groups in total. The summed E-state index contributed by atoms with van der Waals surface area (Å²) in [6.07, 6.45) is -2.89. The molecular formula is C18H17ClF3N5O. The second kappa shape index (κ2) is 7.67. The molecular weight excluding hydrogens is 395 g/mol. The van der Waals surface area contributed by atoms with Gasteiger partial charge in [-0.3, -0.25) is 14.2 Å². The maximum absolute atomic E-state index is 12.8. The summed E-state index contributed by atoms with van der Waals surface area (Å²) in [7, 11) is 0. The lowest BCUT2D eigenvalue weighted by atomic mass is 10.2. The highest BCUT2D eigenvalue weighted by Crippen LogP contribution is 2.29. The molecule has 2 heterocycles. The van der Waals surface area contributed by atoms with Crippen molar-refractivity contribution in [1.29, 1.82) is 0 Å². The van der Waals surface area contributed by atoms with E-state index < -0.39 is 23.8 Å². The third-order valence-corrected chi connectivity index (χ3v) is 4.51. The molecule has 1 unspecified atom stereocenters. The molecule has 1 atom stereocenters. The summed E-state index contributed by atoms with van der Waals surface area (Å²) in [5.41, 5.74) is 0.0678. The van der Waals surface area contributed by atoms with Crippen molar-refractivity contribution < 1.29 is 18.0 Å². The van der Waals surface area contributed by atoms with E-state index in [0.29, 0.717) is 11.6 Å². The fourth-order valence-electron chi connectivity index (χ4n) is 2.68. The van der Waals surface area contributed by atoms with E-state index in [1.807, 2.05) is 18.2 Å². The van der Waals surface area contributed by atoms with Crippen LogP contribution in [-0.4, -0.2) is 25.5 Å². The summed E-state index contributed by atoms with van der Waals surface area (Å²) in [5, 5.41) is 10.9. The number of anilines is 1. The number of rotatable bonds is 5. The van der Waals surface area contributed by atoms with Gasteiger partial charge < -0.3 is 5.32 Å². The average Bonchev–Trinajstić information content (AvgIpc) is 3.22. The van der Waals surface area contributed by atoms with E-state index in [1.165, 1.54) is 13.8 Å². The maximum atomic E-state index is 12.8. The van der Waals surface area contributed by atoms with Crippen molar-refractivity contribution in [3.8, 4) is 0 Å². The van der Waals surface area contributed by atoms with Gasteiger partial charge in [-0.1, -0.05) is 29.8 Å². The van der Waals surface area contributed by atoms with E-state index >= 15 is 0 Å². The fraction of sp³-hybridized carbons (Fsp3) is 0.278. The standard InChI is InChI=1S/C18H17ClF3N5O/c1-11-9-15(18(20,21)22)24-27(11)12(2)17(28)23-16-7-8-26(25-16)10-13-5-3-4-6-14(13)19/h3-9,12H,10H2,1-2H3,(H,23,25,28). The van der Waals surface area contributed by atoms with Gasteiger partial charge in [-0.25, -0.2) is 0 Å². The van der Waals surface area contributed by atoms with Crippen LogP contribution in [0.3, 0.4) is 0 Å². The Morgan fingerprint density at radius 3 is 2.61 bits per heavy atom. The quantitative estimate of drug-likeness (QED) is 0.680. The Balaban J connectivity index is 1.69. The van der Waals surface area contributed by atoms with Gasteiger partial charge in [0.25, 0.3) is 0 Å². The molecule has 0 spiro atoms. The van der Waals surface area contributed by atoms with E-state index in [1.54, 1.807) is 23.0 Å². The van der Waals surface area contributed by atoms with E-state index in [0.717, 1.165) is 16.3 Å². The molecule has 3 aromatic rings. The first-order valence-electron chi connectivity index (χ1n) is 8.36. The lowest BCUT2D eigenvalue weighted by Crippen LogP contribution is -2.26. The second-order valence-electron chi connectivity index (χ2n) is 6.27. The number of nitrogens with zero attached hydrogens (tertiary/aromatic N) is 4. The maximum Gasteiger partial charge on any atom is 0.435 e. The smallest absolute Gasteiger partial charge is 0.307 e. The summed E-state index contributed by atoms with van der Waals surface area (Å²) in [6.45, 7) is 3.35. The highest BCUT2D eigenvalue weighted by Gasteiger charge is 2.35. The Morgan fingerprint density at radius 2 is 1.96 bits per heavy atom. The molecule has 0 bridgehead atoms. The number of halogens is 4. The monoisotopic (exact) mass is 411 g/mol. The average molecular weight is 412 g/mol. The van der Waals surface area contributed by atoms with Gasteiger partial charge in [0, 0.05) is 23.0 Å². The Hall–Kier alpha value is -2.81. The second-order valence-corrected chi connectivity index (χ2v) is 6.68. The summed E-state index contributed by atoms with van der Waals surface area (Å²) in [4.78, 5) is 12.4. The number of aromatic nitrogens is 4. The molecule has 0 aliphatic rings. The first-order chi connectivity index (χ1) is 13.1. The first kappa shape index (κ1) is 19.9. The largest absolute Gasteiger partial charge is 0.435 e. The van der Waals surface area contributed by atoms with Gasteiger partial charge in [0.1, 0.15) is 6.04 Å². The highest BCUT2D eigenvalue weighted by molar-refractivity contribution is 6.31. The van der Waals surface area contributed by atoms with Crippen LogP contribution in [0.2, 0.25) is 5.02 Å². The number of alkyl halides is 3. The molecule has 0 saturated carbocycles. The van der Waals surface area contributed by atoms with Crippen LogP contribution >= 0.6 is 11.6 Å². The van der Waals surface area contributed by atoms with E-state index in [2.05, 4.69) is 15.5 Å². The Bertz CT molecular complexity index is 995. The molecule has 0 aliphatic carbocycles. The minimum atomic E-state index is -4.57. The summed E-state index contributed by atoms with van der Waals surface area (Å²) in [5.74, 6) is -0.243.